The lowest BCUT2D eigenvalue weighted by Crippen LogP contribution is -2.32. The van der Waals surface area contributed by atoms with Gasteiger partial charge in [0.25, 0.3) is 11.8 Å². The van der Waals surface area contributed by atoms with E-state index in [9.17, 15) is 14.4 Å². The maximum Gasteiger partial charge on any atom is 0.325 e. The minimum Gasteiger partial charge on any atom is -0.454 e. The van der Waals surface area contributed by atoms with Crippen molar-refractivity contribution in [2.75, 3.05) is 18.5 Å². The van der Waals surface area contributed by atoms with Gasteiger partial charge in [-0.25, -0.2) is 0 Å². The molecule has 0 aliphatic heterocycles. The number of benzene rings is 2. The minimum absolute atomic E-state index is 0.168. The molecule has 6 nitrogen and oxygen atoms in total. The maximum atomic E-state index is 12.0. The second-order valence-corrected chi connectivity index (χ2v) is 7.10. The van der Waals surface area contributed by atoms with Crippen LogP contribution in [0.5, 0.6) is 0 Å². The maximum absolute atomic E-state index is 12.0. The number of nitrogens with one attached hydrogen (secondary N) is 2. The fourth-order valence-corrected chi connectivity index (χ4v) is 2.91. The Hall–Kier alpha value is -2.57. The topological polar surface area (TPSA) is 84.5 Å². The molecular weight excluding hydrogens is 403 g/mol. The average Bonchev–Trinajstić information content (AvgIpc) is 2.64. The number of rotatable bonds is 7. The van der Waals surface area contributed by atoms with E-state index in [1.807, 2.05) is 32.0 Å². The van der Waals surface area contributed by atoms with Crippen molar-refractivity contribution in [2.45, 2.75) is 19.8 Å². The molecule has 0 bridgehead atoms. The van der Waals surface area contributed by atoms with E-state index in [2.05, 4.69) is 10.6 Å². The molecule has 0 spiro atoms. The Labute approximate surface area is 173 Å². The fourth-order valence-electron chi connectivity index (χ4n) is 2.42. The van der Waals surface area contributed by atoms with Gasteiger partial charge in [0.1, 0.15) is 6.54 Å². The average molecular weight is 423 g/mol. The number of para-hydroxylation sites is 1. The molecule has 0 saturated heterocycles. The second-order valence-electron chi connectivity index (χ2n) is 6.26. The molecule has 0 aliphatic carbocycles. The molecule has 0 aliphatic rings. The van der Waals surface area contributed by atoms with Crippen LogP contribution in [0.4, 0.5) is 5.69 Å². The van der Waals surface area contributed by atoms with Gasteiger partial charge in [0.05, 0.1) is 10.6 Å². The zero-order valence-corrected chi connectivity index (χ0v) is 16.9. The molecule has 0 unspecified atom stereocenters. The van der Waals surface area contributed by atoms with Crippen molar-refractivity contribution in [3.05, 3.63) is 63.6 Å². The van der Waals surface area contributed by atoms with Crippen LogP contribution in [0.25, 0.3) is 0 Å². The van der Waals surface area contributed by atoms with Crippen LogP contribution in [0.1, 0.15) is 35.7 Å². The first-order valence-corrected chi connectivity index (χ1v) is 9.31. The van der Waals surface area contributed by atoms with Crippen LogP contribution >= 0.6 is 23.2 Å². The van der Waals surface area contributed by atoms with E-state index in [1.165, 1.54) is 18.2 Å². The zero-order chi connectivity index (χ0) is 20.7. The van der Waals surface area contributed by atoms with Gasteiger partial charge in [0.15, 0.2) is 6.61 Å². The summed E-state index contributed by atoms with van der Waals surface area (Å²) in [5.41, 5.74) is 1.83. The summed E-state index contributed by atoms with van der Waals surface area (Å²) >= 11 is 11.7. The van der Waals surface area contributed by atoms with Crippen molar-refractivity contribution in [1.82, 2.24) is 5.32 Å². The van der Waals surface area contributed by atoms with E-state index < -0.39 is 30.9 Å². The predicted octanol–water partition coefficient (Wildman–Crippen LogP) is 4.03. The molecule has 0 atom stereocenters. The third-order valence-corrected chi connectivity index (χ3v) is 4.34. The summed E-state index contributed by atoms with van der Waals surface area (Å²) in [4.78, 5) is 35.8. The zero-order valence-electron chi connectivity index (χ0n) is 15.4. The monoisotopic (exact) mass is 422 g/mol. The molecule has 0 saturated carbocycles. The van der Waals surface area contributed by atoms with Crippen molar-refractivity contribution in [3.8, 4) is 0 Å². The van der Waals surface area contributed by atoms with E-state index in [0.717, 1.165) is 5.56 Å². The van der Waals surface area contributed by atoms with Gasteiger partial charge in [0, 0.05) is 10.7 Å². The summed E-state index contributed by atoms with van der Waals surface area (Å²) in [7, 11) is 0. The van der Waals surface area contributed by atoms with Gasteiger partial charge in [-0.05, 0) is 35.7 Å². The first-order chi connectivity index (χ1) is 13.3. The van der Waals surface area contributed by atoms with Crippen LogP contribution in [-0.2, 0) is 14.3 Å². The first-order valence-electron chi connectivity index (χ1n) is 8.55. The quantitative estimate of drug-likeness (QED) is 0.659. The summed E-state index contributed by atoms with van der Waals surface area (Å²) in [6, 6.07) is 11.8. The summed E-state index contributed by atoms with van der Waals surface area (Å²) < 4.78 is 4.89. The molecule has 8 heteroatoms. The van der Waals surface area contributed by atoms with Crippen molar-refractivity contribution in [1.29, 1.82) is 0 Å². The van der Waals surface area contributed by atoms with Crippen molar-refractivity contribution in [3.63, 3.8) is 0 Å². The van der Waals surface area contributed by atoms with Crippen LogP contribution in [0.3, 0.4) is 0 Å². The van der Waals surface area contributed by atoms with Crippen LogP contribution in [0.2, 0.25) is 10.0 Å². The predicted molar refractivity (Wildman–Crippen MR) is 109 cm³/mol. The van der Waals surface area contributed by atoms with E-state index in [0.29, 0.717) is 10.7 Å². The molecule has 0 fully saturated rings. The van der Waals surface area contributed by atoms with Crippen LogP contribution in [-0.4, -0.2) is 30.9 Å². The molecule has 0 radical (unpaired) electrons. The first kappa shape index (κ1) is 21.7. The standard InChI is InChI=1S/C20H20Cl2N2O4/c1-12(2)14-5-3-4-6-17(14)24-18(25)11-28-19(26)10-23-20(27)15-8-7-13(21)9-16(15)22/h3-9,12H,10-11H2,1-2H3,(H,23,27)(H,24,25). The van der Waals surface area contributed by atoms with Crippen molar-refractivity contribution in [2.24, 2.45) is 0 Å². The highest BCUT2D eigenvalue weighted by Gasteiger charge is 2.14. The Morgan fingerprint density at radius 2 is 1.79 bits per heavy atom. The van der Waals surface area contributed by atoms with Gasteiger partial charge in [-0.1, -0.05) is 55.2 Å². The van der Waals surface area contributed by atoms with Crippen molar-refractivity contribution >= 4 is 46.7 Å². The highest BCUT2D eigenvalue weighted by Crippen LogP contribution is 2.23. The summed E-state index contributed by atoms with van der Waals surface area (Å²) in [6.45, 7) is 3.18. The highest BCUT2D eigenvalue weighted by molar-refractivity contribution is 6.36. The van der Waals surface area contributed by atoms with Gasteiger partial charge >= 0.3 is 5.97 Å². The van der Waals surface area contributed by atoms with Gasteiger partial charge in [-0.15, -0.1) is 0 Å². The molecule has 148 valence electrons. The third-order valence-electron chi connectivity index (χ3n) is 3.79. The molecule has 2 rings (SSSR count). The van der Waals surface area contributed by atoms with Gasteiger partial charge < -0.3 is 15.4 Å². The fraction of sp³-hybridized carbons (Fsp3) is 0.250. The van der Waals surface area contributed by atoms with Gasteiger partial charge in [-0.2, -0.15) is 0 Å². The van der Waals surface area contributed by atoms with Crippen molar-refractivity contribution < 1.29 is 19.1 Å². The number of amides is 2. The summed E-state index contributed by atoms with van der Waals surface area (Å²) in [5, 5.41) is 5.66. The molecule has 0 heterocycles. The number of esters is 1. The Morgan fingerprint density at radius 3 is 2.46 bits per heavy atom. The Kier molecular flexibility index (Phi) is 7.84. The second kappa shape index (κ2) is 10.1. The van der Waals surface area contributed by atoms with Crippen LogP contribution in [0.15, 0.2) is 42.5 Å². The number of carbonyl (C=O) groups is 3. The van der Waals surface area contributed by atoms with Gasteiger partial charge in [-0.3, -0.25) is 14.4 Å². The number of ether oxygens (including phenoxy) is 1. The number of halogens is 2. The number of carbonyl (C=O) groups excluding carboxylic acids is 3. The summed E-state index contributed by atoms with van der Waals surface area (Å²) in [5.74, 6) is -1.53. The largest absolute Gasteiger partial charge is 0.454 e. The Balaban J connectivity index is 1.81. The molecule has 28 heavy (non-hydrogen) atoms. The van der Waals surface area contributed by atoms with E-state index in [1.54, 1.807) is 6.07 Å². The van der Waals surface area contributed by atoms with Crippen LogP contribution < -0.4 is 10.6 Å². The van der Waals surface area contributed by atoms with Gasteiger partial charge in [0.2, 0.25) is 0 Å². The third kappa shape index (κ3) is 6.25. The summed E-state index contributed by atoms with van der Waals surface area (Å²) in [6.07, 6.45) is 0. The molecular formula is C20H20Cl2N2O4. The molecule has 0 aromatic heterocycles. The van der Waals surface area contributed by atoms with E-state index >= 15 is 0 Å². The molecule has 2 aromatic carbocycles. The van der Waals surface area contributed by atoms with Crippen LogP contribution in [0, 0.1) is 0 Å². The smallest absolute Gasteiger partial charge is 0.325 e. The minimum atomic E-state index is -0.745. The molecule has 2 N–H and O–H groups in total. The number of hydrogen-bond donors (Lipinski definition) is 2. The normalized spacial score (nSPS) is 10.5. The van der Waals surface area contributed by atoms with E-state index in [4.69, 9.17) is 27.9 Å². The lowest BCUT2D eigenvalue weighted by atomic mass is 10.0. The molecule has 2 amide bonds. The lowest BCUT2D eigenvalue weighted by Gasteiger charge is -2.13. The highest BCUT2D eigenvalue weighted by atomic mass is 35.5. The lowest BCUT2D eigenvalue weighted by molar-refractivity contribution is -0.146. The SMILES string of the molecule is CC(C)c1ccccc1NC(=O)COC(=O)CNC(=O)c1ccc(Cl)cc1Cl. The molecule has 2 aromatic rings. The Morgan fingerprint density at radius 1 is 1.07 bits per heavy atom. The Bertz CT molecular complexity index is 884. The number of anilines is 1. The van der Waals surface area contributed by atoms with E-state index in [-0.39, 0.29) is 16.5 Å². The number of hydrogen-bond acceptors (Lipinski definition) is 4.